The van der Waals surface area contributed by atoms with Gasteiger partial charge in [0.05, 0.1) is 13.3 Å². The summed E-state index contributed by atoms with van der Waals surface area (Å²) in [4.78, 5) is 6.68. The summed E-state index contributed by atoms with van der Waals surface area (Å²) < 4.78 is 7.06. The molecule has 0 fully saturated rings. The number of rotatable bonds is 5. The summed E-state index contributed by atoms with van der Waals surface area (Å²) in [7, 11) is 3.77. The highest BCUT2D eigenvalue weighted by atomic mass is 16.5. The third-order valence-corrected chi connectivity index (χ3v) is 3.75. The van der Waals surface area contributed by atoms with Crippen molar-refractivity contribution in [2.45, 2.75) is 13.3 Å². The molecule has 0 saturated carbocycles. The first-order valence-corrected chi connectivity index (χ1v) is 7.33. The molecule has 2 aromatic heterocycles. The summed E-state index contributed by atoms with van der Waals surface area (Å²) >= 11 is 0. The monoisotopic (exact) mass is 296 g/mol. The normalized spacial score (nSPS) is 10.9. The van der Waals surface area contributed by atoms with E-state index in [4.69, 9.17) is 4.74 Å². The smallest absolute Gasteiger partial charge is 0.157 e. The molecule has 0 aliphatic heterocycles. The molecule has 0 radical (unpaired) electrons. The fourth-order valence-corrected chi connectivity index (χ4v) is 2.49. The Kier molecular flexibility index (Phi) is 3.96. The van der Waals surface area contributed by atoms with Gasteiger partial charge in [0.15, 0.2) is 5.65 Å². The molecule has 0 unspecified atom stereocenters. The number of nitrogens with zero attached hydrogens (tertiary/aromatic N) is 4. The van der Waals surface area contributed by atoms with Gasteiger partial charge >= 0.3 is 0 Å². The van der Waals surface area contributed by atoms with Crippen LogP contribution in [-0.4, -0.2) is 35.3 Å². The molecule has 114 valence electrons. The lowest BCUT2D eigenvalue weighted by molar-refractivity contribution is 0.414. The molecule has 0 saturated heterocycles. The van der Waals surface area contributed by atoms with E-state index in [1.54, 1.807) is 13.3 Å². The second-order valence-corrected chi connectivity index (χ2v) is 5.38. The van der Waals surface area contributed by atoms with E-state index in [1.165, 1.54) is 5.56 Å². The minimum atomic E-state index is 0.881. The Hall–Kier alpha value is -2.56. The van der Waals surface area contributed by atoms with Gasteiger partial charge in [-0.2, -0.15) is 9.61 Å². The van der Waals surface area contributed by atoms with E-state index in [-0.39, 0.29) is 0 Å². The van der Waals surface area contributed by atoms with E-state index in [1.807, 2.05) is 29.6 Å². The van der Waals surface area contributed by atoms with Crippen molar-refractivity contribution in [3.05, 3.63) is 53.9 Å². The van der Waals surface area contributed by atoms with E-state index < -0.39 is 0 Å². The summed E-state index contributed by atoms with van der Waals surface area (Å²) in [5, 5.41) is 4.35. The molecule has 0 bridgehead atoms. The number of hydrogen-bond acceptors (Lipinski definition) is 4. The second kappa shape index (κ2) is 6.05. The predicted molar refractivity (Wildman–Crippen MR) is 87.7 cm³/mol. The molecule has 3 aromatic rings. The van der Waals surface area contributed by atoms with E-state index in [0.717, 1.165) is 35.9 Å². The maximum absolute atomic E-state index is 5.19. The number of aryl methyl sites for hydroxylation is 1. The maximum atomic E-state index is 5.19. The zero-order valence-corrected chi connectivity index (χ0v) is 13.2. The lowest BCUT2D eigenvalue weighted by Gasteiger charge is -2.20. The molecule has 0 aliphatic rings. The summed E-state index contributed by atoms with van der Waals surface area (Å²) in [6, 6.07) is 12.2. The summed E-state index contributed by atoms with van der Waals surface area (Å²) in [6.07, 6.45) is 2.74. The topological polar surface area (TPSA) is 42.7 Å². The zero-order chi connectivity index (χ0) is 15.5. The lowest BCUT2D eigenvalue weighted by Crippen LogP contribution is -2.23. The van der Waals surface area contributed by atoms with Crippen LogP contribution < -0.4 is 9.64 Å². The van der Waals surface area contributed by atoms with Gasteiger partial charge in [-0.1, -0.05) is 12.1 Å². The number of hydrogen-bond donors (Lipinski definition) is 0. The van der Waals surface area contributed by atoms with Crippen molar-refractivity contribution in [3.63, 3.8) is 0 Å². The van der Waals surface area contributed by atoms with Gasteiger partial charge in [-0.05, 0) is 31.0 Å². The van der Waals surface area contributed by atoms with Crippen LogP contribution in [0, 0.1) is 6.92 Å². The van der Waals surface area contributed by atoms with Crippen LogP contribution in [0.1, 0.15) is 11.3 Å². The van der Waals surface area contributed by atoms with E-state index in [9.17, 15) is 0 Å². The molecule has 1 aromatic carbocycles. The Morgan fingerprint density at radius 3 is 2.68 bits per heavy atom. The highest BCUT2D eigenvalue weighted by Gasteiger charge is 2.09. The number of aromatic nitrogens is 3. The second-order valence-electron chi connectivity index (χ2n) is 5.38. The fraction of sp³-hybridized carbons (Fsp3) is 0.294. The lowest BCUT2D eigenvalue weighted by atomic mass is 10.1. The van der Waals surface area contributed by atoms with E-state index in [0.29, 0.717) is 0 Å². The molecule has 0 spiro atoms. The molecular weight excluding hydrogens is 276 g/mol. The molecule has 0 amide bonds. The number of ether oxygens (including phenoxy) is 1. The maximum Gasteiger partial charge on any atom is 0.157 e. The van der Waals surface area contributed by atoms with Crippen LogP contribution in [0.3, 0.4) is 0 Å². The molecule has 0 aliphatic carbocycles. The van der Waals surface area contributed by atoms with Gasteiger partial charge in [0.1, 0.15) is 11.6 Å². The van der Waals surface area contributed by atoms with Crippen LogP contribution in [0.15, 0.2) is 42.6 Å². The van der Waals surface area contributed by atoms with Gasteiger partial charge in [0.25, 0.3) is 0 Å². The Balaban J connectivity index is 1.75. The minimum Gasteiger partial charge on any atom is -0.497 e. The van der Waals surface area contributed by atoms with Gasteiger partial charge in [0.2, 0.25) is 0 Å². The number of anilines is 1. The Morgan fingerprint density at radius 2 is 1.95 bits per heavy atom. The summed E-state index contributed by atoms with van der Waals surface area (Å²) in [5.41, 5.74) is 3.17. The average Bonchev–Trinajstić information content (AvgIpc) is 3.00. The van der Waals surface area contributed by atoms with E-state index in [2.05, 4.69) is 40.2 Å². The van der Waals surface area contributed by atoms with E-state index >= 15 is 0 Å². The van der Waals surface area contributed by atoms with Crippen molar-refractivity contribution in [2.75, 3.05) is 25.6 Å². The molecule has 22 heavy (non-hydrogen) atoms. The highest BCUT2D eigenvalue weighted by molar-refractivity contribution is 5.50. The summed E-state index contributed by atoms with van der Waals surface area (Å²) in [5.74, 6) is 1.95. The number of likely N-dealkylation sites (N-methyl/N-ethyl adjacent to an activating group) is 1. The van der Waals surface area contributed by atoms with Crippen molar-refractivity contribution in [1.29, 1.82) is 0 Å². The van der Waals surface area contributed by atoms with Gasteiger partial charge in [-0.15, -0.1) is 0 Å². The molecule has 5 heteroatoms. The molecule has 5 nitrogen and oxygen atoms in total. The molecule has 0 N–H and O–H groups in total. The molecular formula is C17H20N4O. The number of benzene rings is 1. The van der Waals surface area contributed by atoms with Crippen molar-refractivity contribution >= 4 is 11.5 Å². The Labute approximate surface area is 130 Å². The van der Waals surface area contributed by atoms with Crippen LogP contribution in [0.5, 0.6) is 5.75 Å². The minimum absolute atomic E-state index is 0.881. The quantitative estimate of drug-likeness (QED) is 0.726. The molecule has 2 heterocycles. The van der Waals surface area contributed by atoms with Crippen molar-refractivity contribution in [1.82, 2.24) is 14.6 Å². The standard InChI is InChI=1S/C17H20N4O/c1-13-12-17(21-16(19-13)8-10-18-21)20(2)11-9-14-4-6-15(22-3)7-5-14/h4-8,10,12H,9,11H2,1-3H3. The SMILES string of the molecule is COc1ccc(CCN(C)c2cc(C)nc3ccnn23)cc1. The predicted octanol–water partition coefficient (Wildman–Crippen LogP) is 2.73. The summed E-state index contributed by atoms with van der Waals surface area (Å²) in [6.45, 7) is 2.92. The van der Waals surface area contributed by atoms with Gasteiger partial charge < -0.3 is 9.64 Å². The highest BCUT2D eigenvalue weighted by Crippen LogP contribution is 2.17. The average molecular weight is 296 g/mol. The Bertz CT molecular complexity index is 764. The van der Waals surface area contributed by atoms with Crippen molar-refractivity contribution in [2.24, 2.45) is 0 Å². The third-order valence-electron chi connectivity index (χ3n) is 3.75. The molecule has 0 atom stereocenters. The van der Waals surface area contributed by atoms with Crippen LogP contribution in [0.2, 0.25) is 0 Å². The van der Waals surface area contributed by atoms with Crippen LogP contribution in [0.25, 0.3) is 5.65 Å². The van der Waals surface area contributed by atoms with Crippen molar-refractivity contribution in [3.8, 4) is 5.75 Å². The third kappa shape index (κ3) is 2.88. The van der Waals surface area contributed by atoms with Crippen LogP contribution >= 0.6 is 0 Å². The first-order chi connectivity index (χ1) is 10.7. The van der Waals surface area contributed by atoms with Crippen molar-refractivity contribution < 1.29 is 4.74 Å². The largest absolute Gasteiger partial charge is 0.497 e. The molecule has 3 rings (SSSR count). The van der Waals surface area contributed by atoms with Gasteiger partial charge in [-0.3, -0.25) is 0 Å². The van der Waals surface area contributed by atoms with Gasteiger partial charge in [-0.25, -0.2) is 4.98 Å². The fourth-order valence-electron chi connectivity index (χ4n) is 2.49. The number of fused-ring (bicyclic) bond motifs is 1. The number of methoxy groups -OCH3 is 1. The van der Waals surface area contributed by atoms with Crippen LogP contribution in [-0.2, 0) is 6.42 Å². The Morgan fingerprint density at radius 1 is 1.18 bits per heavy atom. The first kappa shape index (κ1) is 14.4. The van der Waals surface area contributed by atoms with Gasteiger partial charge in [0, 0.05) is 31.4 Å². The zero-order valence-electron chi connectivity index (χ0n) is 13.2. The first-order valence-electron chi connectivity index (χ1n) is 7.33. The van der Waals surface area contributed by atoms with Crippen LogP contribution in [0.4, 0.5) is 5.82 Å².